The Labute approximate surface area is 196 Å². The van der Waals surface area contributed by atoms with Crippen molar-refractivity contribution in [2.45, 2.75) is 5.54 Å². The summed E-state index contributed by atoms with van der Waals surface area (Å²) in [6, 6.07) is 17.0. The number of nitrogens with zero attached hydrogens (tertiary/aromatic N) is 3. The van der Waals surface area contributed by atoms with Crippen LogP contribution in [0.2, 0.25) is 0 Å². The van der Waals surface area contributed by atoms with E-state index in [9.17, 15) is 20.0 Å². The zero-order chi connectivity index (χ0) is 23.4. The molecule has 9 heteroatoms. The Morgan fingerprint density at radius 2 is 1.82 bits per heavy atom. The summed E-state index contributed by atoms with van der Waals surface area (Å²) >= 11 is 1.36. The lowest BCUT2D eigenvalue weighted by molar-refractivity contribution is -0.403. The molecule has 0 aliphatic carbocycles. The first-order valence-corrected chi connectivity index (χ1v) is 11.9. The highest BCUT2D eigenvalue weighted by atomic mass is 32.2. The largest absolute Gasteiger partial charge is 0.479 e. The predicted molar refractivity (Wildman–Crippen MR) is 130 cm³/mol. The standard InChI is InChI=1S/C24H26N4O4S/c1-33-22(17-28(31)32)27-13-11-26(12-14-27)16-20-15-18-7-5-6-10-21(18)25-24(20,23(29)30)19-8-3-2-4-9-19/h2-10,15,17,25H,11-14,16H2,1H3,(H,29,30). The molecule has 0 spiro atoms. The predicted octanol–water partition coefficient (Wildman–Crippen LogP) is 3.53. The fraction of sp³-hybridized carbons (Fsp3) is 0.292. The number of carbonyl (C=O) groups is 1. The highest BCUT2D eigenvalue weighted by Gasteiger charge is 2.46. The van der Waals surface area contributed by atoms with E-state index in [1.807, 2.05) is 71.8 Å². The molecular weight excluding hydrogens is 440 g/mol. The van der Waals surface area contributed by atoms with Gasteiger partial charge in [0, 0.05) is 38.4 Å². The van der Waals surface area contributed by atoms with Gasteiger partial charge in [0.05, 0.1) is 4.92 Å². The van der Waals surface area contributed by atoms with Crippen molar-refractivity contribution in [3.8, 4) is 0 Å². The van der Waals surface area contributed by atoms with Crippen molar-refractivity contribution in [3.05, 3.63) is 92.6 Å². The molecule has 2 aromatic carbocycles. The molecule has 4 rings (SSSR count). The number of hydrogen-bond donors (Lipinski definition) is 2. The van der Waals surface area contributed by atoms with Gasteiger partial charge >= 0.3 is 5.97 Å². The maximum absolute atomic E-state index is 12.8. The first-order chi connectivity index (χ1) is 15.9. The van der Waals surface area contributed by atoms with Gasteiger partial charge in [-0.1, -0.05) is 48.5 Å². The number of nitrogens with one attached hydrogen (secondary N) is 1. The molecule has 1 saturated heterocycles. The van der Waals surface area contributed by atoms with Gasteiger partial charge in [0.1, 0.15) is 5.03 Å². The minimum atomic E-state index is -1.37. The second kappa shape index (κ2) is 9.68. The molecule has 2 aliphatic rings. The quantitative estimate of drug-likeness (QED) is 0.472. The van der Waals surface area contributed by atoms with Crippen molar-refractivity contribution >= 4 is 29.5 Å². The average molecular weight is 467 g/mol. The van der Waals surface area contributed by atoms with Crippen molar-refractivity contribution in [1.29, 1.82) is 0 Å². The summed E-state index contributed by atoms with van der Waals surface area (Å²) < 4.78 is 0. The molecule has 33 heavy (non-hydrogen) atoms. The third-order valence-electron chi connectivity index (χ3n) is 6.12. The zero-order valence-electron chi connectivity index (χ0n) is 18.3. The van der Waals surface area contributed by atoms with Gasteiger partial charge in [0.15, 0.2) is 5.54 Å². The van der Waals surface area contributed by atoms with Crippen LogP contribution in [0.3, 0.4) is 0 Å². The topological polar surface area (TPSA) is 99.0 Å². The van der Waals surface area contributed by atoms with Crippen LogP contribution in [-0.4, -0.2) is 64.8 Å². The van der Waals surface area contributed by atoms with Crippen molar-refractivity contribution in [1.82, 2.24) is 9.80 Å². The summed E-state index contributed by atoms with van der Waals surface area (Å²) in [5, 5.41) is 25.4. The van der Waals surface area contributed by atoms with Crippen LogP contribution in [0.25, 0.3) is 6.08 Å². The SMILES string of the molecule is CSC(=C[N+](=O)[O-])N1CCN(CC2=Cc3ccccc3NC2(C(=O)O)c2ccccc2)CC1. The Bertz CT molecular complexity index is 1100. The van der Waals surface area contributed by atoms with Crippen LogP contribution < -0.4 is 5.32 Å². The summed E-state index contributed by atoms with van der Waals surface area (Å²) in [7, 11) is 0. The summed E-state index contributed by atoms with van der Waals surface area (Å²) in [6.07, 6.45) is 4.87. The molecule has 1 unspecified atom stereocenters. The van der Waals surface area contributed by atoms with E-state index in [1.54, 1.807) is 0 Å². The van der Waals surface area contributed by atoms with E-state index in [0.717, 1.165) is 23.0 Å². The van der Waals surface area contributed by atoms with E-state index in [4.69, 9.17) is 0 Å². The lowest BCUT2D eigenvalue weighted by Crippen LogP contribution is -2.52. The van der Waals surface area contributed by atoms with Crippen LogP contribution in [0.5, 0.6) is 0 Å². The maximum atomic E-state index is 12.8. The van der Waals surface area contributed by atoms with Crippen LogP contribution in [0.1, 0.15) is 11.1 Å². The molecule has 1 fully saturated rings. The number of carboxylic acid groups (broad SMARTS) is 1. The minimum Gasteiger partial charge on any atom is -0.479 e. The zero-order valence-corrected chi connectivity index (χ0v) is 19.1. The van der Waals surface area contributed by atoms with Crippen molar-refractivity contribution in [2.75, 3.05) is 44.3 Å². The number of carboxylic acids is 1. The molecule has 2 aliphatic heterocycles. The van der Waals surface area contributed by atoms with E-state index >= 15 is 0 Å². The normalized spacial score (nSPS) is 21.1. The lowest BCUT2D eigenvalue weighted by Gasteiger charge is -2.42. The summed E-state index contributed by atoms with van der Waals surface area (Å²) in [4.78, 5) is 27.5. The van der Waals surface area contributed by atoms with Gasteiger partial charge in [-0.25, -0.2) is 4.79 Å². The molecule has 0 bridgehead atoms. The molecule has 0 saturated carbocycles. The van der Waals surface area contributed by atoms with E-state index in [1.165, 1.54) is 11.8 Å². The number of thioether (sulfide) groups is 1. The van der Waals surface area contributed by atoms with E-state index in [0.29, 0.717) is 43.3 Å². The number of aliphatic carboxylic acids is 1. The Morgan fingerprint density at radius 3 is 2.45 bits per heavy atom. The number of piperazine rings is 1. The molecular formula is C24H26N4O4S. The number of rotatable bonds is 7. The molecule has 0 radical (unpaired) electrons. The fourth-order valence-electron chi connectivity index (χ4n) is 4.46. The van der Waals surface area contributed by atoms with Gasteiger partial charge in [0.25, 0.3) is 6.20 Å². The van der Waals surface area contributed by atoms with Gasteiger partial charge in [-0.2, -0.15) is 0 Å². The first kappa shape index (κ1) is 22.9. The first-order valence-electron chi connectivity index (χ1n) is 10.7. The monoisotopic (exact) mass is 466 g/mol. The van der Waals surface area contributed by atoms with Crippen molar-refractivity contribution in [2.24, 2.45) is 0 Å². The summed E-state index contributed by atoms with van der Waals surface area (Å²) in [5.74, 6) is -0.952. The molecule has 8 nitrogen and oxygen atoms in total. The van der Waals surface area contributed by atoms with E-state index in [2.05, 4.69) is 10.2 Å². The van der Waals surface area contributed by atoms with Gasteiger partial charge < -0.3 is 15.3 Å². The third-order valence-corrected chi connectivity index (χ3v) is 6.91. The van der Waals surface area contributed by atoms with Gasteiger partial charge in [-0.15, -0.1) is 11.8 Å². The third kappa shape index (κ3) is 4.60. The number of para-hydroxylation sites is 1. The van der Waals surface area contributed by atoms with Crippen LogP contribution in [0.4, 0.5) is 5.69 Å². The molecule has 2 N–H and O–H groups in total. The van der Waals surface area contributed by atoms with Crippen LogP contribution in [0, 0.1) is 10.1 Å². The number of benzene rings is 2. The summed E-state index contributed by atoms with van der Waals surface area (Å²) in [6.45, 7) is 3.12. The number of hydrogen-bond acceptors (Lipinski definition) is 7. The van der Waals surface area contributed by atoms with E-state index in [-0.39, 0.29) is 0 Å². The molecule has 0 aromatic heterocycles. The second-order valence-electron chi connectivity index (χ2n) is 8.02. The highest BCUT2D eigenvalue weighted by Crippen LogP contribution is 2.41. The van der Waals surface area contributed by atoms with Crippen molar-refractivity contribution < 1.29 is 14.8 Å². The highest BCUT2D eigenvalue weighted by molar-refractivity contribution is 8.02. The smallest absolute Gasteiger partial charge is 0.338 e. The minimum absolute atomic E-state index is 0.421. The Hall–Kier alpha value is -3.30. The van der Waals surface area contributed by atoms with E-state index < -0.39 is 16.4 Å². The molecule has 0 amide bonds. The maximum Gasteiger partial charge on any atom is 0.338 e. The average Bonchev–Trinajstić information content (AvgIpc) is 2.83. The number of fused-ring (bicyclic) bond motifs is 1. The number of nitro groups is 1. The van der Waals surface area contributed by atoms with Gasteiger partial charge in [-0.05, 0) is 35.1 Å². The van der Waals surface area contributed by atoms with Crippen LogP contribution in [-0.2, 0) is 10.3 Å². The van der Waals surface area contributed by atoms with Gasteiger partial charge in [0.2, 0.25) is 0 Å². The molecule has 172 valence electrons. The Morgan fingerprint density at radius 1 is 1.15 bits per heavy atom. The fourth-order valence-corrected chi connectivity index (χ4v) is 5.09. The van der Waals surface area contributed by atoms with Crippen molar-refractivity contribution in [3.63, 3.8) is 0 Å². The summed E-state index contributed by atoms with van der Waals surface area (Å²) in [5.41, 5.74) is 1.81. The Kier molecular flexibility index (Phi) is 6.71. The molecule has 2 heterocycles. The number of anilines is 1. The van der Waals surface area contributed by atoms with Crippen LogP contribution in [0.15, 0.2) is 71.4 Å². The Balaban J connectivity index is 1.63. The van der Waals surface area contributed by atoms with Gasteiger partial charge in [-0.3, -0.25) is 15.0 Å². The molecule has 2 aromatic rings. The molecule has 1 atom stereocenters. The lowest BCUT2D eigenvalue weighted by atomic mass is 9.78. The second-order valence-corrected chi connectivity index (χ2v) is 8.85. The van der Waals surface area contributed by atoms with Crippen LogP contribution >= 0.6 is 11.8 Å².